The second kappa shape index (κ2) is 12.4. The van der Waals surface area contributed by atoms with Crippen molar-refractivity contribution >= 4 is 5.96 Å². The third-order valence-corrected chi connectivity index (χ3v) is 4.83. The highest BCUT2D eigenvalue weighted by molar-refractivity contribution is 5.79. The normalized spacial score (nSPS) is 11.5. The van der Waals surface area contributed by atoms with Crippen LogP contribution in [-0.2, 0) is 19.6 Å². The second-order valence-corrected chi connectivity index (χ2v) is 7.21. The zero-order valence-electron chi connectivity index (χ0n) is 17.7. The van der Waals surface area contributed by atoms with E-state index in [9.17, 15) is 0 Å². The van der Waals surface area contributed by atoms with Crippen LogP contribution in [0.2, 0.25) is 0 Å². The Labute approximate surface area is 179 Å². The number of aromatic nitrogens is 1. The molecule has 5 nitrogen and oxygen atoms in total. The maximum absolute atomic E-state index is 4.33. The predicted octanol–water partition coefficient (Wildman–Crippen LogP) is 3.84. The number of nitrogens with zero attached hydrogens (tertiary/aromatic N) is 3. The van der Waals surface area contributed by atoms with Crippen molar-refractivity contribution in [3.63, 3.8) is 0 Å². The quantitative estimate of drug-likeness (QED) is 0.308. The van der Waals surface area contributed by atoms with Gasteiger partial charge < -0.3 is 10.6 Å². The third-order valence-electron chi connectivity index (χ3n) is 4.83. The van der Waals surface area contributed by atoms with Gasteiger partial charge in [0.05, 0.1) is 12.2 Å². The molecule has 0 fully saturated rings. The first-order valence-electron chi connectivity index (χ1n) is 10.5. The Morgan fingerprint density at radius 3 is 2.03 bits per heavy atom. The molecular weight excluding hydrogens is 370 g/mol. The van der Waals surface area contributed by atoms with E-state index in [0.29, 0.717) is 6.54 Å². The summed E-state index contributed by atoms with van der Waals surface area (Å²) in [5, 5.41) is 6.72. The van der Waals surface area contributed by atoms with Gasteiger partial charge in [0.2, 0.25) is 0 Å². The van der Waals surface area contributed by atoms with Crippen LogP contribution < -0.4 is 10.6 Å². The van der Waals surface area contributed by atoms with Crippen LogP contribution in [0.25, 0.3) is 0 Å². The topological polar surface area (TPSA) is 52.6 Å². The first kappa shape index (κ1) is 21.5. The number of guanidine groups is 1. The lowest BCUT2D eigenvalue weighted by Gasteiger charge is -2.23. The zero-order chi connectivity index (χ0) is 20.9. The molecule has 0 bridgehead atoms. The zero-order valence-corrected chi connectivity index (χ0v) is 17.7. The van der Waals surface area contributed by atoms with Gasteiger partial charge in [-0.25, -0.2) is 0 Å². The Bertz CT molecular complexity index is 824. The molecule has 2 aromatic carbocycles. The molecular formula is C25H31N5. The van der Waals surface area contributed by atoms with Crippen molar-refractivity contribution in [1.82, 2.24) is 20.5 Å². The molecule has 1 aromatic heterocycles. The lowest BCUT2D eigenvalue weighted by molar-refractivity contribution is 0.254. The average Bonchev–Trinajstić information content (AvgIpc) is 2.80. The molecule has 5 heteroatoms. The van der Waals surface area contributed by atoms with E-state index in [2.05, 4.69) is 86.2 Å². The van der Waals surface area contributed by atoms with E-state index >= 15 is 0 Å². The predicted molar refractivity (Wildman–Crippen MR) is 124 cm³/mol. The van der Waals surface area contributed by atoms with Crippen LogP contribution in [0.15, 0.2) is 90.1 Å². The van der Waals surface area contributed by atoms with Crippen molar-refractivity contribution in [2.45, 2.75) is 26.1 Å². The lowest BCUT2D eigenvalue weighted by atomic mass is 10.1. The molecule has 0 amide bonds. The SMILES string of the molecule is CN=C(NCCCN(Cc1ccccc1)Cc1ccccc1)NCc1ccccn1. The van der Waals surface area contributed by atoms with Crippen molar-refractivity contribution in [2.24, 2.45) is 4.99 Å². The number of aliphatic imine (C=N–C) groups is 1. The molecule has 0 aliphatic heterocycles. The summed E-state index contributed by atoms with van der Waals surface area (Å²) in [6.45, 7) is 4.43. The summed E-state index contributed by atoms with van der Waals surface area (Å²) in [5.74, 6) is 0.804. The summed E-state index contributed by atoms with van der Waals surface area (Å²) >= 11 is 0. The van der Waals surface area contributed by atoms with Gasteiger partial charge in [0, 0.05) is 39.4 Å². The smallest absolute Gasteiger partial charge is 0.191 e. The van der Waals surface area contributed by atoms with Crippen molar-refractivity contribution in [1.29, 1.82) is 0 Å². The van der Waals surface area contributed by atoms with Gasteiger partial charge in [0.1, 0.15) is 0 Å². The monoisotopic (exact) mass is 401 g/mol. The van der Waals surface area contributed by atoms with E-state index in [4.69, 9.17) is 0 Å². The van der Waals surface area contributed by atoms with Crippen molar-refractivity contribution in [3.05, 3.63) is 102 Å². The highest BCUT2D eigenvalue weighted by Gasteiger charge is 2.07. The van der Waals surface area contributed by atoms with E-state index in [1.54, 1.807) is 13.2 Å². The van der Waals surface area contributed by atoms with Crippen LogP contribution in [0.1, 0.15) is 23.2 Å². The number of rotatable bonds is 10. The molecule has 0 aliphatic rings. The number of hydrogen-bond donors (Lipinski definition) is 2. The Morgan fingerprint density at radius 1 is 0.833 bits per heavy atom. The molecule has 0 spiro atoms. The first-order chi connectivity index (χ1) is 14.8. The van der Waals surface area contributed by atoms with Gasteiger partial charge in [-0.3, -0.25) is 14.9 Å². The van der Waals surface area contributed by atoms with Crippen molar-refractivity contribution < 1.29 is 0 Å². The molecule has 156 valence electrons. The Kier molecular flexibility index (Phi) is 8.90. The molecule has 0 radical (unpaired) electrons. The maximum Gasteiger partial charge on any atom is 0.191 e. The molecule has 0 aliphatic carbocycles. The minimum atomic E-state index is 0.661. The van der Waals surface area contributed by atoms with Gasteiger partial charge in [-0.1, -0.05) is 66.7 Å². The van der Waals surface area contributed by atoms with Crippen LogP contribution >= 0.6 is 0 Å². The van der Waals surface area contributed by atoms with E-state index < -0.39 is 0 Å². The number of pyridine rings is 1. The number of nitrogens with one attached hydrogen (secondary N) is 2. The standard InChI is InChI=1S/C25H31N5/c1-26-25(29-19-24-15-8-9-16-27-24)28-17-10-18-30(20-22-11-4-2-5-12-22)21-23-13-6-3-7-14-23/h2-9,11-16H,10,17-21H2,1H3,(H2,26,28,29). The molecule has 1 heterocycles. The molecule has 30 heavy (non-hydrogen) atoms. The van der Waals surface area contributed by atoms with E-state index in [1.165, 1.54) is 11.1 Å². The highest BCUT2D eigenvalue weighted by Crippen LogP contribution is 2.10. The molecule has 3 aromatic rings. The third kappa shape index (κ3) is 7.68. The number of benzene rings is 2. The minimum Gasteiger partial charge on any atom is -0.356 e. The Balaban J connectivity index is 1.46. The van der Waals surface area contributed by atoms with Crippen molar-refractivity contribution in [2.75, 3.05) is 20.1 Å². The fraction of sp³-hybridized carbons (Fsp3) is 0.280. The lowest BCUT2D eigenvalue weighted by Crippen LogP contribution is -2.38. The summed E-state index contributed by atoms with van der Waals surface area (Å²) in [6, 6.07) is 27.3. The Morgan fingerprint density at radius 2 is 1.47 bits per heavy atom. The molecule has 0 atom stereocenters. The van der Waals surface area contributed by atoms with Gasteiger partial charge in [-0.15, -0.1) is 0 Å². The molecule has 3 rings (SSSR count). The van der Waals surface area contributed by atoms with Crippen LogP contribution in [0, 0.1) is 0 Å². The van der Waals surface area contributed by atoms with Gasteiger partial charge >= 0.3 is 0 Å². The minimum absolute atomic E-state index is 0.661. The largest absolute Gasteiger partial charge is 0.356 e. The fourth-order valence-corrected chi connectivity index (χ4v) is 3.30. The van der Waals surface area contributed by atoms with Gasteiger partial charge in [-0.05, 0) is 29.7 Å². The second-order valence-electron chi connectivity index (χ2n) is 7.21. The van der Waals surface area contributed by atoms with Gasteiger partial charge in [0.15, 0.2) is 5.96 Å². The van der Waals surface area contributed by atoms with E-state index in [-0.39, 0.29) is 0 Å². The summed E-state index contributed by atoms with van der Waals surface area (Å²) in [4.78, 5) is 11.1. The van der Waals surface area contributed by atoms with Crippen molar-refractivity contribution in [3.8, 4) is 0 Å². The van der Waals surface area contributed by atoms with Crippen LogP contribution in [0.3, 0.4) is 0 Å². The van der Waals surface area contributed by atoms with Crippen LogP contribution in [-0.4, -0.2) is 36.0 Å². The first-order valence-corrected chi connectivity index (χ1v) is 10.5. The summed E-state index contributed by atoms with van der Waals surface area (Å²) in [7, 11) is 1.80. The van der Waals surface area contributed by atoms with Gasteiger partial charge in [-0.2, -0.15) is 0 Å². The fourth-order valence-electron chi connectivity index (χ4n) is 3.30. The highest BCUT2D eigenvalue weighted by atomic mass is 15.2. The molecule has 0 unspecified atom stereocenters. The van der Waals surface area contributed by atoms with E-state index in [1.807, 2.05) is 18.2 Å². The Hall–Kier alpha value is -3.18. The summed E-state index contributed by atoms with van der Waals surface area (Å²) < 4.78 is 0. The molecule has 0 saturated carbocycles. The molecule has 0 saturated heterocycles. The summed E-state index contributed by atoms with van der Waals surface area (Å²) in [6.07, 6.45) is 2.84. The van der Waals surface area contributed by atoms with Crippen LogP contribution in [0.4, 0.5) is 0 Å². The summed E-state index contributed by atoms with van der Waals surface area (Å²) in [5.41, 5.74) is 3.68. The van der Waals surface area contributed by atoms with Crippen LogP contribution in [0.5, 0.6) is 0 Å². The van der Waals surface area contributed by atoms with E-state index in [0.717, 1.165) is 44.3 Å². The maximum atomic E-state index is 4.33. The number of hydrogen-bond acceptors (Lipinski definition) is 3. The molecule has 2 N–H and O–H groups in total. The van der Waals surface area contributed by atoms with Gasteiger partial charge in [0.25, 0.3) is 0 Å². The average molecular weight is 402 g/mol.